The van der Waals surface area contributed by atoms with Gasteiger partial charge in [0, 0.05) is 44.3 Å². The van der Waals surface area contributed by atoms with Crippen LogP contribution in [0.3, 0.4) is 0 Å². The van der Waals surface area contributed by atoms with Gasteiger partial charge in [-0.2, -0.15) is 0 Å². The van der Waals surface area contributed by atoms with Crippen LogP contribution < -0.4 is 16.0 Å². The van der Waals surface area contributed by atoms with Crippen molar-refractivity contribution in [3.63, 3.8) is 0 Å². The molecule has 1 aromatic heterocycles. The van der Waals surface area contributed by atoms with Gasteiger partial charge in [0.2, 0.25) is 5.91 Å². The Balaban J connectivity index is 0.00000341. The average Bonchev–Trinajstić information content (AvgIpc) is 3.43. The summed E-state index contributed by atoms with van der Waals surface area (Å²) in [6, 6.07) is 11.1. The van der Waals surface area contributed by atoms with Crippen LogP contribution in [-0.4, -0.2) is 48.9 Å². The largest absolute Gasteiger partial charge is 0.459 e. The van der Waals surface area contributed by atoms with Crippen molar-refractivity contribution >= 4 is 47.4 Å². The minimum atomic E-state index is -0.281. The first-order valence-corrected chi connectivity index (χ1v) is 10.2. The van der Waals surface area contributed by atoms with Crippen molar-refractivity contribution in [2.24, 2.45) is 10.9 Å². The first-order valence-electron chi connectivity index (χ1n) is 10.2. The van der Waals surface area contributed by atoms with Crippen molar-refractivity contribution in [2.45, 2.75) is 32.9 Å². The fourth-order valence-electron chi connectivity index (χ4n) is 3.32. The van der Waals surface area contributed by atoms with Crippen molar-refractivity contribution in [1.82, 2.24) is 15.5 Å². The topological polar surface area (TPSA) is 99.0 Å². The molecule has 1 aliphatic heterocycles. The van der Waals surface area contributed by atoms with Crippen LogP contribution in [-0.2, 0) is 11.3 Å². The van der Waals surface area contributed by atoms with E-state index in [-0.39, 0.29) is 53.5 Å². The van der Waals surface area contributed by atoms with Gasteiger partial charge < -0.3 is 25.3 Å². The lowest BCUT2D eigenvalue weighted by molar-refractivity contribution is -0.133. The third kappa shape index (κ3) is 6.98. The van der Waals surface area contributed by atoms with E-state index in [0.717, 1.165) is 18.5 Å². The number of carbonyl (C=O) groups is 2. The van der Waals surface area contributed by atoms with E-state index < -0.39 is 0 Å². The van der Waals surface area contributed by atoms with E-state index in [9.17, 15) is 9.59 Å². The monoisotopic (exact) mass is 539 g/mol. The van der Waals surface area contributed by atoms with Gasteiger partial charge in [-0.15, -0.1) is 24.0 Å². The zero-order valence-electron chi connectivity index (χ0n) is 18.1. The van der Waals surface area contributed by atoms with Gasteiger partial charge in [-0.05, 0) is 36.2 Å². The number of carbonyl (C=O) groups excluding carboxylic acids is 2. The zero-order chi connectivity index (χ0) is 21.5. The molecule has 3 rings (SSSR count). The summed E-state index contributed by atoms with van der Waals surface area (Å²) >= 11 is 0. The minimum Gasteiger partial charge on any atom is -0.459 e. The number of nitrogens with one attached hydrogen (secondary N) is 3. The van der Waals surface area contributed by atoms with Gasteiger partial charge >= 0.3 is 0 Å². The average molecular weight is 539 g/mol. The number of anilines is 1. The van der Waals surface area contributed by atoms with Crippen molar-refractivity contribution in [3.05, 3.63) is 54.0 Å². The molecule has 2 amide bonds. The van der Waals surface area contributed by atoms with E-state index in [1.807, 2.05) is 43.0 Å². The quantitative estimate of drug-likeness (QED) is 0.298. The Labute approximate surface area is 199 Å². The highest BCUT2D eigenvalue weighted by Gasteiger charge is 2.27. The molecule has 3 N–H and O–H groups in total. The maximum atomic E-state index is 12.1. The molecule has 1 atom stereocenters. The molecular weight excluding hydrogens is 509 g/mol. The van der Waals surface area contributed by atoms with Crippen LogP contribution in [0.2, 0.25) is 0 Å². The molecule has 0 saturated carbocycles. The maximum absolute atomic E-state index is 12.1. The molecule has 9 heteroatoms. The number of guanidine groups is 1. The highest BCUT2D eigenvalue weighted by molar-refractivity contribution is 14.0. The molecule has 1 fully saturated rings. The summed E-state index contributed by atoms with van der Waals surface area (Å²) in [5, 5.41) is 9.48. The molecule has 31 heavy (non-hydrogen) atoms. The first kappa shape index (κ1) is 24.7. The second kappa shape index (κ2) is 11.7. The Morgan fingerprint density at radius 3 is 2.58 bits per heavy atom. The van der Waals surface area contributed by atoms with E-state index in [1.165, 1.54) is 6.26 Å². The van der Waals surface area contributed by atoms with Crippen LogP contribution in [0.4, 0.5) is 5.69 Å². The van der Waals surface area contributed by atoms with Gasteiger partial charge in [-0.25, -0.2) is 0 Å². The number of hydrogen-bond donors (Lipinski definition) is 3. The van der Waals surface area contributed by atoms with Gasteiger partial charge in [-0.3, -0.25) is 14.6 Å². The number of likely N-dealkylation sites (tertiary alicyclic amines) is 1. The lowest BCUT2D eigenvalue weighted by Gasteiger charge is -2.20. The first-order chi connectivity index (χ1) is 14.5. The standard InChI is InChI=1S/C22H29N5O3.HI/c1-15(2)21(29)27-11-10-18(14-27)26-22(23-3)24-13-16-6-8-17(9-7-16)25-20(28)19-5-4-12-30-19;/h4-9,12,15,18H,10-11,13-14H2,1-3H3,(H,25,28)(H2,23,24,26);1H. The number of aliphatic imine (C=N–C) groups is 1. The summed E-state index contributed by atoms with van der Waals surface area (Å²) in [7, 11) is 1.73. The molecule has 0 aliphatic carbocycles. The van der Waals surface area contributed by atoms with Gasteiger partial charge in [0.1, 0.15) is 0 Å². The smallest absolute Gasteiger partial charge is 0.291 e. The predicted octanol–water partition coefficient (Wildman–Crippen LogP) is 3.07. The Morgan fingerprint density at radius 1 is 1.23 bits per heavy atom. The normalized spacial score (nSPS) is 16.1. The maximum Gasteiger partial charge on any atom is 0.291 e. The van der Waals surface area contributed by atoms with Crippen molar-refractivity contribution < 1.29 is 14.0 Å². The number of nitrogens with zero attached hydrogens (tertiary/aromatic N) is 2. The Bertz CT molecular complexity index is 881. The molecule has 1 saturated heterocycles. The fraction of sp³-hybridized carbons (Fsp3) is 0.409. The highest BCUT2D eigenvalue weighted by atomic mass is 127. The van der Waals surface area contributed by atoms with Crippen LogP contribution in [0.5, 0.6) is 0 Å². The summed E-state index contributed by atoms with van der Waals surface area (Å²) in [4.78, 5) is 30.3. The molecule has 1 aromatic carbocycles. The van der Waals surface area contributed by atoms with E-state index in [0.29, 0.717) is 24.7 Å². The second-order valence-electron chi connectivity index (χ2n) is 7.62. The summed E-state index contributed by atoms with van der Waals surface area (Å²) in [6.45, 7) is 5.92. The van der Waals surface area contributed by atoms with Crippen LogP contribution in [0.25, 0.3) is 0 Å². The molecule has 0 radical (unpaired) electrons. The van der Waals surface area contributed by atoms with Crippen LogP contribution in [0.1, 0.15) is 36.4 Å². The van der Waals surface area contributed by atoms with Gasteiger partial charge in [0.15, 0.2) is 11.7 Å². The lowest BCUT2D eigenvalue weighted by Crippen LogP contribution is -2.45. The summed E-state index contributed by atoms with van der Waals surface area (Å²) in [6.07, 6.45) is 2.37. The molecule has 1 unspecified atom stereocenters. The van der Waals surface area contributed by atoms with E-state index >= 15 is 0 Å². The number of benzene rings is 1. The molecule has 0 bridgehead atoms. The lowest BCUT2D eigenvalue weighted by atomic mass is 10.2. The van der Waals surface area contributed by atoms with Gasteiger partial charge in [-0.1, -0.05) is 26.0 Å². The number of rotatable bonds is 6. The third-order valence-corrected chi connectivity index (χ3v) is 4.98. The van der Waals surface area contributed by atoms with Gasteiger partial charge in [0.05, 0.1) is 6.26 Å². The minimum absolute atomic E-state index is 0. The Hall–Kier alpha value is -2.56. The zero-order valence-corrected chi connectivity index (χ0v) is 20.4. The third-order valence-electron chi connectivity index (χ3n) is 4.98. The van der Waals surface area contributed by atoms with E-state index in [1.54, 1.807) is 19.2 Å². The second-order valence-corrected chi connectivity index (χ2v) is 7.62. The van der Waals surface area contributed by atoms with Crippen LogP contribution >= 0.6 is 24.0 Å². The fourth-order valence-corrected chi connectivity index (χ4v) is 3.32. The number of amides is 2. The highest BCUT2D eigenvalue weighted by Crippen LogP contribution is 2.14. The summed E-state index contributed by atoms with van der Waals surface area (Å²) in [5.74, 6) is 0.914. The van der Waals surface area contributed by atoms with Crippen molar-refractivity contribution in [3.8, 4) is 0 Å². The van der Waals surface area contributed by atoms with E-state index in [4.69, 9.17) is 4.42 Å². The molecule has 2 aromatic rings. The SMILES string of the molecule is CN=C(NCc1ccc(NC(=O)c2ccco2)cc1)NC1CCN(C(=O)C(C)C)C1.I. The van der Waals surface area contributed by atoms with Crippen molar-refractivity contribution in [2.75, 3.05) is 25.5 Å². The molecule has 8 nitrogen and oxygen atoms in total. The van der Waals surface area contributed by atoms with Crippen LogP contribution in [0.15, 0.2) is 52.1 Å². The molecule has 1 aliphatic rings. The summed E-state index contributed by atoms with van der Waals surface area (Å²) < 4.78 is 5.09. The van der Waals surface area contributed by atoms with Crippen LogP contribution in [0, 0.1) is 5.92 Å². The Kier molecular flexibility index (Phi) is 9.35. The molecule has 2 heterocycles. The number of hydrogen-bond acceptors (Lipinski definition) is 4. The van der Waals surface area contributed by atoms with E-state index in [2.05, 4.69) is 20.9 Å². The Morgan fingerprint density at radius 2 is 1.97 bits per heavy atom. The molecule has 0 spiro atoms. The van der Waals surface area contributed by atoms with Gasteiger partial charge in [0.25, 0.3) is 5.91 Å². The van der Waals surface area contributed by atoms with Crippen molar-refractivity contribution in [1.29, 1.82) is 0 Å². The summed E-state index contributed by atoms with van der Waals surface area (Å²) in [5.41, 5.74) is 1.75. The molecule has 168 valence electrons. The molecular formula is C22H30IN5O3. The number of halogens is 1. The number of furan rings is 1. The predicted molar refractivity (Wildman–Crippen MR) is 132 cm³/mol.